The van der Waals surface area contributed by atoms with Crippen LogP contribution in [0.1, 0.15) is 56.5 Å². The number of amides is 5. The molecule has 65 heavy (non-hydrogen) atoms. The molecule has 2 heterocycles. The van der Waals surface area contributed by atoms with Crippen molar-refractivity contribution >= 4 is 52.7 Å². The molecule has 0 unspecified atom stereocenters. The first-order valence-electron chi connectivity index (χ1n) is 21.8. The van der Waals surface area contributed by atoms with Crippen molar-refractivity contribution in [3.8, 4) is 22.8 Å². The first kappa shape index (κ1) is 49.0. The molecule has 2 fully saturated rings. The summed E-state index contributed by atoms with van der Waals surface area (Å²) in [5.41, 5.74) is 2.31. The van der Waals surface area contributed by atoms with E-state index in [0.717, 1.165) is 22.6 Å². The Morgan fingerprint density at radius 2 is 1.57 bits per heavy atom. The van der Waals surface area contributed by atoms with E-state index in [4.69, 9.17) is 32.7 Å². The Balaban J connectivity index is 1.31. The third-order valence-corrected chi connectivity index (χ3v) is 13.0. The zero-order valence-corrected chi connectivity index (χ0v) is 39.9. The second-order valence-electron chi connectivity index (χ2n) is 17.6. The molecule has 4 atom stereocenters. The van der Waals surface area contributed by atoms with Crippen LogP contribution in [0.25, 0.3) is 11.3 Å². The molecule has 0 bridgehead atoms. The minimum Gasteiger partial charge on any atom is -0.457 e. The average molecular weight is 932 g/mol. The molecule has 1 spiro atoms. The van der Waals surface area contributed by atoms with Crippen LogP contribution < -0.4 is 15.4 Å². The molecule has 1 aliphatic heterocycles. The van der Waals surface area contributed by atoms with E-state index >= 15 is 0 Å². The minimum absolute atomic E-state index is 0.0521. The normalized spacial score (nSPS) is 21.3. The van der Waals surface area contributed by atoms with Crippen molar-refractivity contribution in [2.24, 2.45) is 12.5 Å². The van der Waals surface area contributed by atoms with Crippen molar-refractivity contribution in [3.05, 3.63) is 99.9 Å². The number of aromatic nitrogens is 2. The van der Waals surface area contributed by atoms with E-state index < -0.39 is 47.3 Å². The van der Waals surface area contributed by atoms with Crippen molar-refractivity contribution in [1.29, 1.82) is 0 Å². The lowest BCUT2D eigenvalue weighted by molar-refractivity contribution is -0.147. The van der Waals surface area contributed by atoms with Gasteiger partial charge in [-0.05, 0) is 101 Å². The molecular weight excluding hydrogens is 871 g/mol. The first-order valence-corrected chi connectivity index (χ1v) is 22.5. The van der Waals surface area contributed by atoms with E-state index in [9.17, 15) is 24.0 Å². The summed E-state index contributed by atoms with van der Waals surface area (Å²) in [4.78, 5) is 82.2. The third kappa shape index (κ3) is 12.1. The Kier molecular flexibility index (Phi) is 16.0. The minimum atomic E-state index is -1.17. The van der Waals surface area contributed by atoms with E-state index in [-0.39, 0.29) is 44.4 Å². The van der Waals surface area contributed by atoms with Gasteiger partial charge in [0.1, 0.15) is 29.4 Å². The Labute approximate surface area is 391 Å². The smallest absolute Gasteiger partial charge is 0.247 e. The maximum atomic E-state index is 14.7. The highest BCUT2D eigenvalue weighted by Crippen LogP contribution is 2.51. The molecule has 2 N–H and O–H groups in total. The third-order valence-electron chi connectivity index (χ3n) is 12.5. The fourth-order valence-corrected chi connectivity index (χ4v) is 8.34. The van der Waals surface area contributed by atoms with Gasteiger partial charge in [0.05, 0.1) is 37.0 Å². The van der Waals surface area contributed by atoms with E-state index in [2.05, 4.69) is 20.5 Å². The van der Waals surface area contributed by atoms with Crippen LogP contribution in [0.5, 0.6) is 11.5 Å². The lowest BCUT2D eigenvalue weighted by atomic mass is 9.97. The molecule has 15 nitrogen and oxygen atoms in total. The number of nitrogens with zero attached hydrogens (tertiary/aromatic N) is 6. The predicted octanol–water partition coefficient (Wildman–Crippen LogP) is 5.70. The molecule has 1 saturated heterocycles. The summed E-state index contributed by atoms with van der Waals surface area (Å²) in [6, 6.07) is 16.4. The summed E-state index contributed by atoms with van der Waals surface area (Å²) in [6.07, 6.45) is 2.92. The second-order valence-corrected chi connectivity index (χ2v) is 18.5. The fraction of sp³-hybridized carbons (Fsp3) is 0.458. The molecule has 2 aliphatic rings. The van der Waals surface area contributed by atoms with Gasteiger partial charge in [0, 0.05) is 80.9 Å². The quantitative estimate of drug-likeness (QED) is 0.193. The van der Waals surface area contributed by atoms with Gasteiger partial charge in [0.25, 0.3) is 0 Å². The van der Waals surface area contributed by atoms with Gasteiger partial charge in [0.2, 0.25) is 29.5 Å². The number of methoxy groups -OCH3 is 1. The number of likely N-dealkylation sites (N-methyl/N-ethyl adjacent to an activating group) is 2. The number of imidazole rings is 1. The number of hydrogen-bond acceptors (Lipinski definition) is 9. The van der Waals surface area contributed by atoms with Gasteiger partial charge in [-0.3, -0.25) is 24.0 Å². The Hall–Kier alpha value is -5.48. The fourth-order valence-electron chi connectivity index (χ4n) is 8.05. The van der Waals surface area contributed by atoms with Gasteiger partial charge < -0.3 is 44.3 Å². The molecule has 17 heteroatoms. The van der Waals surface area contributed by atoms with Gasteiger partial charge in [-0.15, -0.1) is 0 Å². The molecule has 0 radical (unpaired) electrons. The van der Waals surface area contributed by atoms with E-state index in [1.54, 1.807) is 56.3 Å². The van der Waals surface area contributed by atoms with Gasteiger partial charge in [-0.25, -0.2) is 4.98 Å². The summed E-state index contributed by atoms with van der Waals surface area (Å²) in [5, 5.41) is 6.74. The summed E-state index contributed by atoms with van der Waals surface area (Å²) >= 11 is 12.7. The van der Waals surface area contributed by atoms with E-state index in [1.165, 1.54) is 16.9 Å². The van der Waals surface area contributed by atoms with E-state index in [1.807, 2.05) is 75.2 Å². The van der Waals surface area contributed by atoms with Crippen LogP contribution in [0.15, 0.2) is 72.9 Å². The van der Waals surface area contributed by atoms with Crippen LogP contribution >= 0.6 is 23.2 Å². The molecular formula is C48H60Cl2N8O7. The number of ether oxygens (including phenoxy) is 2. The molecule has 3 aromatic carbocycles. The lowest BCUT2D eigenvalue weighted by Gasteiger charge is -2.35. The van der Waals surface area contributed by atoms with Gasteiger partial charge in [-0.1, -0.05) is 41.4 Å². The Morgan fingerprint density at radius 3 is 2.22 bits per heavy atom. The number of carbonyl (C=O) groups is 5. The number of hydrogen-bond donors (Lipinski definition) is 2. The molecule has 6 rings (SSSR count). The van der Waals surface area contributed by atoms with Crippen molar-refractivity contribution < 1.29 is 33.4 Å². The number of nitrogens with one attached hydrogen (secondary N) is 2. The van der Waals surface area contributed by atoms with Crippen LogP contribution in [0, 0.1) is 5.41 Å². The molecule has 348 valence electrons. The maximum absolute atomic E-state index is 14.7. The number of rotatable bonds is 11. The van der Waals surface area contributed by atoms with Crippen molar-refractivity contribution in [2.45, 2.75) is 83.2 Å². The van der Waals surface area contributed by atoms with Crippen molar-refractivity contribution in [1.82, 2.24) is 39.8 Å². The van der Waals surface area contributed by atoms with Crippen molar-refractivity contribution in [3.63, 3.8) is 0 Å². The standard InChI is InChI=1S/C48H60Cl2N8O7/c1-30-25-52-43(59)23-37(21-32-9-14-35(49)15-10-32)56(6)46(62)39(29-64-8)53-45(61)31(2)58(44(60)24-48(19-20-48)47(63)55(30)5)27-34-11-16-36(50)22-41(34)65-38-17-12-33(13-18-38)40-26-51-42(57(40)7)28-54(3)4/h9-18,22,26,30-31,37,39H,19-21,23-25,27-29H2,1-8H3,(H,52,59)(H,53,61)/t30-,31-,37-,39-/m0/s1. The van der Waals surface area contributed by atoms with Crippen LogP contribution in [0.4, 0.5) is 0 Å². The highest BCUT2D eigenvalue weighted by Gasteiger charge is 2.54. The monoisotopic (exact) mass is 930 g/mol. The first-order chi connectivity index (χ1) is 30.9. The van der Waals surface area contributed by atoms with Gasteiger partial charge in [0.15, 0.2) is 0 Å². The predicted molar refractivity (Wildman–Crippen MR) is 249 cm³/mol. The Morgan fingerprint density at radius 1 is 0.892 bits per heavy atom. The average Bonchev–Trinajstić information content (AvgIpc) is 3.98. The molecule has 1 aliphatic carbocycles. The SMILES string of the molecule is COC[C@@H]1NC(=O)[C@H](C)N(Cc2ccc(Cl)cc2Oc2ccc(-c3cnc(CN(C)C)n3C)cc2)C(=O)CC2(CC2)C(=O)N(C)[C@@H](C)CNC(=O)C[C@H](Cc2ccc(Cl)cc2)N(C)C1=O. The number of carbonyl (C=O) groups excluding carboxylic acids is 5. The van der Waals surface area contributed by atoms with Crippen LogP contribution in [-0.2, 0) is 55.3 Å². The van der Waals surface area contributed by atoms with Gasteiger partial charge >= 0.3 is 0 Å². The molecule has 4 aromatic rings. The number of halogens is 2. The maximum Gasteiger partial charge on any atom is 0.247 e. The zero-order valence-electron chi connectivity index (χ0n) is 38.4. The molecule has 1 saturated carbocycles. The zero-order chi connectivity index (χ0) is 47.2. The molecule has 1 aromatic heterocycles. The largest absolute Gasteiger partial charge is 0.457 e. The lowest BCUT2D eigenvalue weighted by Crippen LogP contribution is -2.57. The topological polar surface area (TPSA) is 159 Å². The summed E-state index contributed by atoms with van der Waals surface area (Å²) in [6.45, 7) is 4.01. The summed E-state index contributed by atoms with van der Waals surface area (Å²) in [5.74, 6) is -0.246. The van der Waals surface area contributed by atoms with Gasteiger partial charge in [-0.2, -0.15) is 0 Å². The summed E-state index contributed by atoms with van der Waals surface area (Å²) in [7, 11) is 10.6. The second kappa shape index (κ2) is 21.2. The highest BCUT2D eigenvalue weighted by molar-refractivity contribution is 6.31. The van der Waals surface area contributed by atoms with Crippen LogP contribution in [0.2, 0.25) is 10.0 Å². The highest BCUT2D eigenvalue weighted by atomic mass is 35.5. The Bertz CT molecular complexity index is 2350. The van der Waals surface area contributed by atoms with E-state index in [0.29, 0.717) is 52.9 Å². The molecule has 5 amide bonds. The summed E-state index contributed by atoms with van der Waals surface area (Å²) < 4.78 is 13.9. The number of benzene rings is 3. The van der Waals surface area contributed by atoms with Crippen LogP contribution in [-0.4, -0.2) is 131 Å². The van der Waals surface area contributed by atoms with Crippen LogP contribution in [0.3, 0.4) is 0 Å². The van der Waals surface area contributed by atoms with Crippen molar-refractivity contribution in [2.75, 3.05) is 48.5 Å².